The van der Waals surface area contributed by atoms with Gasteiger partial charge in [-0.25, -0.2) is 4.98 Å². The predicted molar refractivity (Wildman–Crippen MR) is 82.9 cm³/mol. The number of nitriles is 1. The summed E-state index contributed by atoms with van der Waals surface area (Å²) in [6.45, 7) is 2.02. The molecule has 0 radical (unpaired) electrons. The summed E-state index contributed by atoms with van der Waals surface area (Å²) in [6.07, 6.45) is 4.98. The van der Waals surface area contributed by atoms with Crippen LogP contribution in [0.15, 0.2) is 23.7 Å². The van der Waals surface area contributed by atoms with E-state index >= 15 is 0 Å². The maximum Gasteiger partial charge on any atom is 0.101 e. The van der Waals surface area contributed by atoms with Gasteiger partial charge in [0.2, 0.25) is 0 Å². The molecule has 3 rings (SSSR count). The Bertz CT molecular complexity index is 648. The molecule has 2 aromatic rings. The number of anilines is 1. The maximum atomic E-state index is 9.27. The summed E-state index contributed by atoms with van der Waals surface area (Å²) in [5, 5.41) is 12.8. The van der Waals surface area contributed by atoms with Gasteiger partial charge < -0.3 is 5.32 Å². The van der Waals surface area contributed by atoms with E-state index < -0.39 is 0 Å². The van der Waals surface area contributed by atoms with Crippen molar-refractivity contribution in [2.75, 3.05) is 5.32 Å². The van der Waals surface area contributed by atoms with Crippen molar-refractivity contribution >= 4 is 17.0 Å². The SMILES string of the molecule is Cc1ncsc1-c1ccc(C#N)c(NC2CCCC2)c1. The van der Waals surface area contributed by atoms with Crippen LogP contribution in [0.5, 0.6) is 0 Å². The van der Waals surface area contributed by atoms with Crippen molar-refractivity contribution in [1.82, 2.24) is 4.98 Å². The number of benzene rings is 1. The smallest absolute Gasteiger partial charge is 0.101 e. The van der Waals surface area contributed by atoms with Crippen LogP contribution >= 0.6 is 11.3 Å². The summed E-state index contributed by atoms with van der Waals surface area (Å²) in [6, 6.07) is 8.81. The number of nitrogens with zero attached hydrogens (tertiary/aromatic N) is 2. The van der Waals surface area contributed by atoms with E-state index in [0.29, 0.717) is 6.04 Å². The molecule has 0 unspecified atom stereocenters. The highest BCUT2D eigenvalue weighted by Crippen LogP contribution is 2.32. The number of thiazole rings is 1. The van der Waals surface area contributed by atoms with E-state index in [1.807, 2.05) is 24.6 Å². The molecule has 1 aliphatic carbocycles. The molecule has 1 fully saturated rings. The lowest BCUT2D eigenvalue weighted by molar-refractivity contribution is 0.755. The number of hydrogen-bond acceptors (Lipinski definition) is 4. The first-order valence-corrected chi connectivity index (χ1v) is 7.87. The summed E-state index contributed by atoms with van der Waals surface area (Å²) < 4.78 is 0. The molecule has 20 heavy (non-hydrogen) atoms. The monoisotopic (exact) mass is 283 g/mol. The lowest BCUT2D eigenvalue weighted by atomic mass is 10.1. The Labute approximate surface area is 123 Å². The van der Waals surface area contributed by atoms with Crippen LogP contribution in [0.3, 0.4) is 0 Å². The number of rotatable bonds is 3. The molecule has 1 aromatic heterocycles. The molecule has 0 saturated heterocycles. The highest BCUT2D eigenvalue weighted by atomic mass is 32.1. The van der Waals surface area contributed by atoms with E-state index in [1.54, 1.807) is 11.3 Å². The van der Waals surface area contributed by atoms with Gasteiger partial charge in [-0.3, -0.25) is 0 Å². The third kappa shape index (κ3) is 2.54. The Morgan fingerprint density at radius 2 is 2.15 bits per heavy atom. The molecule has 0 atom stereocenters. The molecule has 1 N–H and O–H groups in total. The largest absolute Gasteiger partial charge is 0.381 e. The number of aromatic nitrogens is 1. The van der Waals surface area contributed by atoms with Gasteiger partial charge in [0.1, 0.15) is 6.07 Å². The first-order chi connectivity index (χ1) is 9.78. The van der Waals surface area contributed by atoms with E-state index in [4.69, 9.17) is 0 Å². The average molecular weight is 283 g/mol. The van der Waals surface area contributed by atoms with Gasteiger partial charge in [-0.1, -0.05) is 18.9 Å². The Morgan fingerprint density at radius 1 is 1.35 bits per heavy atom. The second-order valence-electron chi connectivity index (χ2n) is 5.26. The van der Waals surface area contributed by atoms with Gasteiger partial charge in [0, 0.05) is 6.04 Å². The quantitative estimate of drug-likeness (QED) is 0.911. The molecule has 1 saturated carbocycles. The maximum absolute atomic E-state index is 9.27. The van der Waals surface area contributed by atoms with Crippen molar-refractivity contribution in [3.63, 3.8) is 0 Å². The van der Waals surface area contributed by atoms with Crippen molar-refractivity contribution < 1.29 is 0 Å². The molecule has 4 heteroatoms. The molecule has 0 bridgehead atoms. The van der Waals surface area contributed by atoms with Crippen molar-refractivity contribution in [1.29, 1.82) is 5.26 Å². The van der Waals surface area contributed by atoms with Crippen LogP contribution < -0.4 is 5.32 Å². The number of hydrogen-bond donors (Lipinski definition) is 1. The lowest BCUT2D eigenvalue weighted by Crippen LogP contribution is -2.15. The molecule has 3 nitrogen and oxygen atoms in total. The Kier molecular flexibility index (Phi) is 3.70. The van der Waals surface area contributed by atoms with E-state index in [-0.39, 0.29) is 0 Å². The van der Waals surface area contributed by atoms with Crippen molar-refractivity contribution in [2.45, 2.75) is 38.6 Å². The van der Waals surface area contributed by atoms with Gasteiger partial charge in [-0.05, 0) is 37.5 Å². The minimum Gasteiger partial charge on any atom is -0.381 e. The zero-order valence-electron chi connectivity index (χ0n) is 11.5. The third-order valence-electron chi connectivity index (χ3n) is 3.86. The molecule has 1 aromatic carbocycles. The van der Waals surface area contributed by atoms with Crippen LogP contribution in [0.4, 0.5) is 5.69 Å². The Balaban J connectivity index is 1.94. The van der Waals surface area contributed by atoms with Gasteiger partial charge >= 0.3 is 0 Å². The molecule has 0 aliphatic heterocycles. The van der Waals surface area contributed by atoms with Gasteiger partial charge in [0.25, 0.3) is 0 Å². The van der Waals surface area contributed by atoms with Crippen LogP contribution in [0.1, 0.15) is 36.9 Å². The second-order valence-corrected chi connectivity index (χ2v) is 6.12. The van der Waals surface area contributed by atoms with E-state index in [9.17, 15) is 5.26 Å². The summed E-state index contributed by atoms with van der Waals surface area (Å²) in [5.41, 5.74) is 5.75. The summed E-state index contributed by atoms with van der Waals surface area (Å²) in [5.74, 6) is 0. The Hall–Kier alpha value is -1.86. The minimum absolute atomic E-state index is 0.514. The zero-order valence-corrected chi connectivity index (χ0v) is 12.3. The zero-order chi connectivity index (χ0) is 13.9. The topological polar surface area (TPSA) is 48.7 Å². The van der Waals surface area contributed by atoms with Crippen LogP contribution in [-0.2, 0) is 0 Å². The molecule has 0 spiro atoms. The standard InChI is InChI=1S/C16H17N3S/c1-11-16(20-10-18-11)12-6-7-13(9-17)15(8-12)19-14-4-2-3-5-14/h6-8,10,14,19H,2-5H2,1H3. The Morgan fingerprint density at radius 3 is 2.80 bits per heavy atom. The van der Waals surface area contributed by atoms with Gasteiger partial charge in [-0.2, -0.15) is 5.26 Å². The molecule has 102 valence electrons. The summed E-state index contributed by atoms with van der Waals surface area (Å²) >= 11 is 1.65. The van der Waals surface area contributed by atoms with Crippen LogP contribution in [0, 0.1) is 18.3 Å². The van der Waals surface area contributed by atoms with Crippen molar-refractivity contribution in [2.24, 2.45) is 0 Å². The van der Waals surface area contributed by atoms with E-state index in [2.05, 4.69) is 22.4 Å². The highest BCUT2D eigenvalue weighted by Gasteiger charge is 2.17. The summed E-state index contributed by atoms with van der Waals surface area (Å²) in [4.78, 5) is 5.49. The van der Waals surface area contributed by atoms with Crippen molar-refractivity contribution in [3.05, 3.63) is 35.0 Å². The van der Waals surface area contributed by atoms with Gasteiger partial charge in [-0.15, -0.1) is 11.3 Å². The molecule has 1 aliphatic rings. The fourth-order valence-electron chi connectivity index (χ4n) is 2.77. The normalized spacial score (nSPS) is 15.2. The van der Waals surface area contributed by atoms with E-state index in [1.165, 1.54) is 30.6 Å². The highest BCUT2D eigenvalue weighted by molar-refractivity contribution is 7.13. The van der Waals surface area contributed by atoms with E-state index in [0.717, 1.165) is 22.5 Å². The molecule has 1 heterocycles. The molecule has 0 amide bonds. The molecular weight excluding hydrogens is 266 g/mol. The first-order valence-electron chi connectivity index (χ1n) is 6.99. The van der Waals surface area contributed by atoms with Crippen molar-refractivity contribution in [3.8, 4) is 16.5 Å². The van der Waals surface area contributed by atoms with Crippen LogP contribution in [0.2, 0.25) is 0 Å². The van der Waals surface area contributed by atoms with Crippen LogP contribution in [-0.4, -0.2) is 11.0 Å². The van der Waals surface area contributed by atoms with Gasteiger partial charge in [0.15, 0.2) is 0 Å². The lowest BCUT2D eigenvalue weighted by Gasteiger charge is -2.15. The fraction of sp³-hybridized carbons (Fsp3) is 0.375. The second kappa shape index (κ2) is 5.64. The molecular formula is C16H17N3S. The fourth-order valence-corrected chi connectivity index (χ4v) is 3.57. The predicted octanol–water partition coefficient (Wildman–Crippen LogP) is 4.34. The average Bonchev–Trinajstić information content (AvgIpc) is 3.10. The van der Waals surface area contributed by atoms with Gasteiger partial charge in [0.05, 0.1) is 27.3 Å². The first kappa shape index (κ1) is 13.1. The minimum atomic E-state index is 0.514. The number of nitrogens with one attached hydrogen (secondary N) is 1. The third-order valence-corrected chi connectivity index (χ3v) is 4.84. The summed E-state index contributed by atoms with van der Waals surface area (Å²) in [7, 11) is 0. The number of aryl methyl sites for hydroxylation is 1. The van der Waals surface area contributed by atoms with Crippen LogP contribution in [0.25, 0.3) is 10.4 Å².